The summed E-state index contributed by atoms with van der Waals surface area (Å²) in [5.41, 5.74) is 7.10. The number of anilines is 1. The van der Waals surface area contributed by atoms with Crippen LogP contribution < -0.4 is 5.32 Å². The maximum Gasteiger partial charge on any atom is 0.224 e. The summed E-state index contributed by atoms with van der Waals surface area (Å²) in [4.78, 5) is 12.4. The van der Waals surface area contributed by atoms with Crippen molar-refractivity contribution in [1.29, 1.82) is 0 Å². The first-order chi connectivity index (χ1) is 11.1. The Kier molecular flexibility index (Phi) is 4.51. The summed E-state index contributed by atoms with van der Waals surface area (Å²) < 4.78 is 1.89. The van der Waals surface area contributed by atoms with Gasteiger partial charge in [0, 0.05) is 24.8 Å². The minimum absolute atomic E-state index is 0.0895. The highest BCUT2D eigenvalue weighted by Crippen LogP contribution is 2.28. The lowest BCUT2D eigenvalue weighted by Gasteiger charge is -2.19. The van der Waals surface area contributed by atoms with Crippen molar-refractivity contribution in [3.8, 4) is 0 Å². The Morgan fingerprint density at radius 3 is 2.78 bits per heavy atom. The predicted octanol–water partition coefficient (Wildman–Crippen LogP) is 3.49. The first kappa shape index (κ1) is 15.8. The number of nitrogens with zero attached hydrogens (tertiary/aromatic N) is 2. The molecule has 0 bridgehead atoms. The van der Waals surface area contributed by atoms with Crippen molar-refractivity contribution >= 4 is 11.6 Å². The van der Waals surface area contributed by atoms with Gasteiger partial charge in [0.25, 0.3) is 0 Å². The molecule has 1 aromatic heterocycles. The number of hydrogen-bond acceptors (Lipinski definition) is 2. The van der Waals surface area contributed by atoms with Crippen LogP contribution in [0.25, 0.3) is 0 Å². The van der Waals surface area contributed by atoms with Gasteiger partial charge in [-0.05, 0) is 68.7 Å². The summed E-state index contributed by atoms with van der Waals surface area (Å²) in [6.45, 7) is 4.06. The molecule has 3 rings (SSSR count). The molecule has 1 aliphatic rings. The summed E-state index contributed by atoms with van der Waals surface area (Å²) in [5.74, 6) is 0.0895. The van der Waals surface area contributed by atoms with Gasteiger partial charge in [0.05, 0.1) is 5.69 Å². The molecule has 0 saturated carbocycles. The number of carbonyl (C=O) groups is 1. The normalized spacial score (nSPS) is 13.7. The van der Waals surface area contributed by atoms with Crippen molar-refractivity contribution in [3.63, 3.8) is 0 Å². The standard InChI is InChI=1S/C19H25N3O/c1-13-16(14(2)22(3)21-13)11-12-19(23)20-18-10-6-8-15-7-4-5-9-17(15)18/h6,8,10H,4-5,7,9,11-12H2,1-3H3,(H,20,23). The average molecular weight is 311 g/mol. The first-order valence-corrected chi connectivity index (χ1v) is 8.46. The Labute approximate surface area is 137 Å². The number of rotatable bonds is 4. The van der Waals surface area contributed by atoms with Gasteiger partial charge in [-0.3, -0.25) is 9.48 Å². The Morgan fingerprint density at radius 2 is 2.04 bits per heavy atom. The van der Waals surface area contributed by atoms with Gasteiger partial charge < -0.3 is 5.32 Å². The van der Waals surface area contributed by atoms with Crippen molar-refractivity contribution in [2.45, 2.75) is 52.4 Å². The molecule has 0 fully saturated rings. The fourth-order valence-corrected chi connectivity index (χ4v) is 3.53. The molecule has 0 radical (unpaired) electrons. The predicted molar refractivity (Wildman–Crippen MR) is 92.7 cm³/mol. The molecule has 1 amide bonds. The van der Waals surface area contributed by atoms with Gasteiger partial charge in [-0.25, -0.2) is 0 Å². The third kappa shape index (κ3) is 3.31. The Balaban J connectivity index is 1.66. The molecule has 0 spiro atoms. The molecule has 0 unspecified atom stereocenters. The second-order valence-electron chi connectivity index (χ2n) is 6.47. The topological polar surface area (TPSA) is 46.9 Å². The Bertz CT molecular complexity index is 730. The van der Waals surface area contributed by atoms with Gasteiger partial charge in [0.15, 0.2) is 0 Å². The van der Waals surface area contributed by atoms with Gasteiger partial charge in [-0.1, -0.05) is 12.1 Å². The smallest absolute Gasteiger partial charge is 0.224 e. The van der Waals surface area contributed by atoms with E-state index in [1.54, 1.807) is 0 Å². The highest BCUT2D eigenvalue weighted by atomic mass is 16.1. The van der Waals surface area contributed by atoms with E-state index >= 15 is 0 Å². The van der Waals surface area contributed by atoms with Crippen LogP contribution in [-0.2, 0) is 31.1 Å². The minimum Gasteiger partial charge on any atom is -0.326 e. The average Bonchev–Trinajstić information content (AvgIpc) is 2.78. The highest BCUT2D eigenvalue weighted by Gasteiger charge is 2.15. The van der Waals surface area contributed by atoms with Gasteiger partial charge >= 0.3 is 0 Å². The zero-order chi connectivity index (χ0) is 16.4. The fourth-order valence-electron chi connectivity index (χ4n) is 3.53. The summed E-state index contributed by atoms with van der Waals surface area (Å²) in [5, 5.41) is 7.54. The first-order valence-electron chi connectivity index (χ1n) is 8.46. The number of amides is 1. The van der Waals surface area contributed by atoms with Crippen molar-refractivity contribution in [2.24, 2.45) is 7.05 Å². The molecule has 1 aromatic carbocycles. The second kappa shape index (κ2) is 6.57. The molecular formula is C19H25N3O. The lowest BCUT2D eigenvalue weighted by molar-refractivity contribution is -0.116. The molecule has 0 saturated heterocycles. The van der Waals surface area contributed by atoms with Crippen molar-refractivity contribution in [1.82, 2.24) is 9.78 Å². The lowest BCUT2D eigenvalue weighted by atomic mass is 9.90. The number of carbonyl (C=O) groups excluding carboxylic acids is 1. The molecule has 0 aliphatic heterocycles. The molecule has 23 heavy (non-hydrogen) atoms. The van der Waals surface area contributed by atoms with Crippen LogP contribution in [0.2, 0.25) is 0 Å². The Hall–Kier alpha value is -2.10. The van der Waals surface area contributed by atoms with Crippen LogP contribution in [-0.4, -0.2) is 15.7 Å². The fraction of sp³-hybridized carbons (Fsp3) is 0.474. The number of fused-ring (bicyclic) bond motifs is 1. The third-order valence-corrected chi connectivity index (χ3v) is 4.93. The number of nitrogens with one attached hydrogen (secondary N) is 1. The zero-order valence-corrected chi connectivity index (χ0v) is 14.3. The Morgan fingerprint density at radius 1 is 1.26 bits per heavy atom. The van der Waals surface area contributed by atoms with Gasteiger partial charge in [0.2, 0.25) is 5.91 Å². The van der Waals surface area contributed by atoms with Crippen molar-refractivity contribution < 1.29 is 4.79 Å². The molecule has 1 N–H and O–H groups in total. The van der Waals surface area contributed by atoms with E-state index in [4.69, 9.17) is 0 Å². The van der Waals surface area contributed by atoms with E-state index in [1.165, 1.54) is 29.5 Å². The van der Waals surface area contributed by atoms with Gasteiger partial charge in [-0.15, -0.1) is 0 Å². The number of aromatic nitrogens is 2. The third-order valence-electron chi connectivity index (χ3n) is 4.93. The number of hydrogen-bond donors (Lipinski definition) is 1. The van der Waals surface area contributed by atoms with E-state index in [1.807, 2.05) is 24.7 Å². The summed E-state index contributed by atoms with van der Waals surface area (Å²) >= 11 is 0. The summed E-state index contributed by atoms with van der Waals surface area (Å²) in [6.07, 6.45) is 5.92. The number of benzene rings is 1. The van der Waals surface area contributed by atoms with Crippen LogP contribution in [0, 0.1) is 13.8 Å². The van der Waals surface area contributed by atoms with E-state index in [0.717, 1.165) is 36.3 Å². The maximum atomic E-state index is 12.4. The largest absolute Gasteiger partial charge is 0.326 e. The quantitative estimate of drug-likeness (QED) is 0.939. The van der Waals surface area contributed by atoms with Crippen LogP contribution in [0.4, 0.5) is 5.69 Å². The zero-order valence-electron chi connectivity index (χ0n) is 14.3. The monoisotopic (exact) mass is 311 g/mol. The van der Waals surface area contributed by atoms with Crippen LogP contribution in [0.15, 0.2) is 18.2 Å². The molecule has 2 aromatic rings. The molecule has 1 aliphatic carbocycles. The van der Waals surface area contributed by atoms with Crippen molar-refractivity contribution in [2.75, 3.05) is 5.32 Å². The highest BCUT2D eigenvalue weighted by molar-refractivity contribution is 5.91. The lowest BCUT2D eigenvalue weighted by Crippen LogP contribution is -2.16. The molecule has 0 atom stereocenters. The van der Waals surface area contributed by atoms with Crippen LogP contribution >= 0.6 is 0 Å². The minimum atomic E-state index is 0.0895. The molecule has 4 nitrogen and oxygen atoms in total. The number of aryl methyl sites for hydroxylation is 3. The van der Waals surface area contributed by atoms with Crippen molar-refractivity contribution in [3.05, 3.63) is 46.3 Å². The van der Waals surface area contributed by atoms with E-state index in [-0.39, 0.29) is 5.91 Å². The molecule has 1 heterocycles. The van der Waals surface area contributed by atoms with E-state index in [9.17, 15) is 4.79 Å². The van der Waals surface area contributed by atoms with Gasteiger partial charge in [0.1, 0.15) is 0 Å². The maximum absolute atomic E-state index is 12.4. The molecule has 4 heteroatoms. The van der Waals surface area contributed by atoms with E-state index < -0.39 is 0 Å². The molecule has 122 valence electrons. The van der Waals surface area contributed by atoms with E-state index in [2.05, 4.69) is 29.5 Å². The molecular weight excluding hydrogens is 286 g/mol. The van der Waals surface area contributed by atoms with Crippen LogP contribution in [0.3, 0.4) is 0 Å². The SMILES string of the molecule is Cc1nn(C)c(C)c1CCC(=O)Nc1cccc2c1CCCC2. The van der Waals surface area contributed by atoms with Crippen LogP contribution in [0.1, 0.15) is 47.3 Å². The van der Waals surface area contributed by atoms with E-state index in [0.29, 0.717) is 6.42 Å². The van der Waals surface area contributed by atoms with Crippen LogP contribution in [0.5, 0.6) is 0 Å². The summed E-state index contributed by atoms with van der Waals surface area (Å²) in [6, 6.07) is 6.27. The summed E-state index contributed by atoms with van der Waals surface area (Å²) in [7, 11) is 1.95. The van der Waals surface area contributed by atoms with Gasteiger partial charge in [-0.2, -0.15) is 5.10 Å². The second-order valence-corrected chi connectivity index (χ2v) is 6.47.